The minimum absolute atomic E-state index is 0.110. The van der Waals surface area contributed by atoms with Gasteiger partial charge in [-0.3, -0.25) is 14.9 Å². The lowest BCUT2D eigenvalue weighted by molar-refractivity contribution is -0.385. The molecular weight excluding hydrogens is 420 g/mol. The van der Waals surface area contributed by atoms with Crippen LogP contribution >= 0.6 is 11.8 Å². The molecule has 0 bridgehead atoms. The molecule has 0 radical (unpaired) electrons. The average molecular weight is 438 g/mol. The Kier molecular flexibility index (Phi) is 7.22. The van der Waals surface area contributed by atoms with E-state index in [9.17, 15) is 14.9 Å². The number of nitrogens with zero attached hydrogens (tertiary/aromatic N) is 5. The van der Waals surface area contributed by atoms with Gasteiger partial charge in [-0.05, 0) is 49.7 Å². The Balaban J connectivity index is 1.47. The second-order valence-electron chi connectivity index (χ2n) is 6.30. The number of ether oxygens (including phenoxy) is 1. The van der Waals surface area contributed by atoms with Crippen molar-refractivity contribution in [2.45, 2.75) is 19.0 Å². The summed E-state index contributed by atoms with van der Waals surface area (Å²) in [5, 5.41) is 15.1. The molecule has 3 rings (SSSR count). The topological polar surface area (TPSA) is 132 Å². The number of nitro groups is 1. The average Bonchev–Trinajstić information content (AvgIpc) is 2.73. The summed E-state index contributed by atoms with van der Waals surface area (Å²) in [6, 6.07) is 11.5. The number of pyridine rings is 1. The molecule has 2 heterocycles. The van der Waals surface area contributed by atoms with Crippen molar-refractivity contribution in [1.82, 2.24) is 20.4 Å². The highest BCUT2D eigenvalue weighted by Crippen LogP contribution is 2.21. The van der Waals surface area contributed by atoms with Crippen molar-refractivity contribution in [3.05, 3.63) is 75.7 Å². The van der Waals surface area contributed by atoms with Crippen LogP contribution in [-0.2, 0) is 4.79 Å². The van der Waals surface area contributed by atoms with Crippen molar-refractivity contribution in [3.8, 4) is 11.6 Å². The number of rotatable bonds is 8. The fourth-order valence-corrected chi connectivity index (χ4v) is 3.12. The van der Waals surface area contributed by atoms with E-state index in [1.807, 2.05) is 19.9 Å². The first-order valence-corrected chi connectivity index (χ1v) is 10.0. The van der Waals surface area contributed by atoms with Crippen LogP contribution < -0.4 is 10.2 Å². The summed E-state index contributed by atoms with van der Waals surface area (Å²) in [4.78, 5) is 34.5. The third-order valence-corrected chi connectivity index (χ3v) is 4.58. The highest BCUT2D eigenvalue weighted by atomic mass is 32.2. The second-order valence-corrected chi connectivity index (χ2v) is 7.24. The van der Waals surface area contributed by atoms with Crippen LogP contribution in [0.1, 0.15) is 17.0 Å². The summed E-state index contributed by atoms with van der Waals surface area (Å²) in [5.41, 5.74) is 4.80. The zero-order valence-corrected chi connectivity index (χ0v) is 17.5. The number of hydrogen-bond acceptors (Lipinski definition) is 9. The highest BCUT2D eigenvalue weighted by Gasteiger charge is 2.07. The molecule has 0 aliphatic heterocycles. The Morgan fingerprint density at radius 2 is 1.90 bits per heavy atom. The van der Waals surface area contributed by atoms with Crippen LogP contribution in [0.2, 0.25) is 0 Å². The smallest absolute Gasteiger partial charge is 0.287 e. The third-order valence-electron chi connectivity index (χ3n) is 3.73. The fourth-order valence-electron chi connectivity index (χ4n) is 2.38. The van der Waals surface area contributed by atoms with Crippen LogP contribution in [-0.4, -0.2) is 37.7 Å². The Labute approximate surface area is 181 Å². The number of carbonyl (C=O) groups excluding carboxylic acids is 1. The zero-order chi connectivity index (χ0) is 22.2. The van der Waals surface area contributed by atoms with Gasteiger partial charge in [0.2, 0.25) is 5.88 Å². The van der Waals surface area contributed by atoms with Crippen molar-refractivity contribution in [3.63, 3.8) is 0 Å². The number of nitrogens with one attached hydrogen (secondary N) is 1. The van der Waals surface area contributed by atoms with E-state index in [-0.39, 0.29) is 23.2 Å². The molecule has 1 N–H and O–H groups in total. The van der Waals surface area contributed by atoms with Gasteiger partial charge in [0.15, 0.2) is 5.16 Å². The molecule has 2 aromatic heterocycles. The maximum atomic E-state index is 11.9. The van der Waals surface area contributed by atoms with Gasteiger partial charge in [0.1, 0.15) is 11.9 Å². The van der Waals surface area contributed by atoms with E-state index in [0.717, 1.165) is 23.1 Å². The molecular formula is C20H18N6O4S. The Hall–Kier alpha value is -3.86. The first kappa shape index (κ1) is 21.8. The minimum atomic E-state index is -0.528. The summed E-state index contributed by atoms with van der Waals surface area (Å²) in [7, 11) is 0. The summed E-state index contributed by atoms with van der Waals surface area (Å²) in [6.45, 7) is 3.75. The van der Waals surface area contributed by atoms with Gasteiger partial charge in [-0.15, -0.1) is 0 Å². The molecule has 158 valence electrons. The van der Waals surface area contributed by atoms with Gasteiger partial charge in [0, 0.05) is 23.5 Å². The largest absolute Gasteiger partial charge is 0.439 e. The number of hydrazone groups is 1. The van der Waals surface area contributed by atoms with E-state index < -0.39 is 4.92 Å². The minimum Gasteiger partial charge on any atom is -0.439 e. The molecule has 1 aromatic carbocycles. The predicted octanol–water partition coefficient (Wildman–Crippen LogP) is 3.43. The number of aromatic nitrogens is 3. The fraction of sp³-hybridized carbons (Fsp3) is 0.150. The number of hydrogen-bond donors (Lipinski definition) is 1. The molecule has 0 saturated carbocycles. The molecule has 0 aliphatic rings. The molecule has 1 amide bonds. The lowest BCUT2D eigenvalue weighted by Gasteiger charge is -2.04. The van der Waals surface area contributed by atoms with E-state index in [4.69, 9.17) is 4.74 Å². The SMILES string of the molecule is Cc1cc(C)nc(SCC(=O)N/N=C\c2ccc(Oc3ccc([N+](=O)[O-])cn3)cc2)n1. The maximum Gasteiger partial charge on any atom is 0.287 e. The van der Waals surface area contributed by atoms with Crippen LogP contribution in [0, 0.1) is 24.0 Å². The van der Waals surface area contributed by atoms with Gasteiger partial charge in [-0.1, -0.05) is 11.8 Å². The molecule has 0 unspecified atom stereocenters. The molecule has 0 aliphatic carbocycles. The zero-order valence-electron chi connectivity index (χ0n) is 16.7. The molecule has 0 saturated heterocycles. The standard InChI is InChI=1S/C20H18N6O4S/c1-13-9-14(2)24-20(23-13)31-12-18(27)25-22-10-15-3-6-17(7-4-15)30-19-8-5-16(11-21-19)26(28)29/h3-11H,12H2,1-2H3,(H,25,27)/b22-10-. The molecule has 0 fully saturated rings. The summed E-state index contributed by atoms with van der Waals surface area (Å²) in [6.07, 6.45) is 2.63. The Bertz CT molecular complexity index is 1080. The van der Waals surface area contributed by atoms with Gasteiger partial charge >= 0.3 is 0 Å². The number of thioether (sulfide) groups is 1. The predicted molar refractivity (Wildman–Crippen MR) is 115 cm³/mol. The van der Waals surface area contributed by atoms with E-state index in [1.165, 1.54) is 30.1 Å². The molecule has 10 nitrogen and oxygen atoms in total. The summed E-state index contributed by atoms with van der Waals surface area (Å²) >= 11 is 1.24. The van der Waals surface area contributed by atoms with Gasteiger partial charge < -0.3 is 4.74 Å². The number of aryl methyl sites for hydroxylation is 2. The normalized spacial score (nSPS) is 10.8. The number of benzene rings is 1. The van der Waals surface area contributed by atoms with Gasteiger partial charge in [0.05, 0.1) is 16.9 Å². The molecule has 0 spiro atoms. The quantitative estimate of drug-likeness (QED) is 0.186. The lowest BCUT2D eigenvalue weighted by Crippen LogP contribution is -2.19. The van der Waals surface area contributed by atoms with Crippen molar-refractivity contribution in [2.75, 3.05) is 5.75 Å². The van der Waals surface area contributed by atoms with E-state index in [1.54, 1.807) is 24.3 Å². The van der Waals surface area contributed by atoms with Crippen LogP contribution in [0.25, 0.3) is 0 Å². The summed E-state index contributed by atoms with van der Waals surface area (Å²) in [5.74, 6) is 0.625. The summed E-state index contributed by atoms with van der Waals surface area (Å²) < 4.78 is 5.54. The second kappa shape index (κ2) is 10.3. The van der Waals surface area contributed by atoms with Crippen LogP contribution in [0.5, 0.6) is 11.6 Å². The highest BCUT2D eigenvalue weighted by molar-refractivity contribution is 7.99. The van der Waals surface area contributed by atoms with E-state index in [2.05, 4.69) is 25.5 Å². The van der Waals surface area contributed by atoms with Gasteiger partial charge in [-0.2, -0.15) is 5.10 Å². The van der Waals surface area contributed by atoms with Crippen molar-refractivity contribution in [1.29, 1.82) is 0 Å². The van der Waals surface area contributed by atoms with Gasteiger partial charge in [-0.25, -0.2) is 20.4 Å². The van der Waals surface area contributed by atoms with Crippen molar-refractivity contribution < 1.29 is 14.5 Å². The van der Waals surface area contributed by atoms with E-state index >= 15 is 0 Å². The van der Waals surface area contributed by atoms with E-state index in [0.29, 0.717) is 10.9 Å². The molecule has 3 aromatic rings. The Morgan fingerprint density at radius 3 is 2.52 bits per heavy atom. The first-order chi connectivity index (χ1) is 14.9. The Morgan fingerprint density at radius 1 is 1.19 bits per heavy atom. The first-order valence-electron chi connectivity index (χ1n) is 9.04. The van der Waals surface area contributed by atoms with Crippen molar-refractivity contribution in [2.24, 2.45) is 5.10 Å². The molecule has 11 heteroatoms. The number of carbonyl (C=O) groups is 1. The van der Waals surface area contributed by atoms with Crippen LogP contribution in [0.4, 0.5) is 5.69 Å². The lowest BCUT2D eigenvalue weighted by atomic mass is 10.2. The van der Waals surface area contributed by atoms with Crippen LogP contribution in [0.3, 0.4) is 0 Å². The van der Waals surface area contributed by atoms with Crippen molar-refractivity contribution >= 4 is 29.6 Å². The molecule has 31 heavy (non-hydrogen) atoms. The van der Waals surface area contributed by atoms with Gasteiger partial charge in [0.25, 0.3) is 11.6 Å². The maximum absolute atomic E-state index is 11.9. The van der Waals surface area contributed by atoms with Crippen LogP contribution in [0.15, 0.2) is 58.9 Å². The third kappa shape index (κ3) is 6.85. The molecule has 0 atom stereocenters. The number of amides is 1. The monoisotopic (exact) mass is 438 g/mol.